The van der Waals surface area contributed by atoms with Crippen LogP contribution in [-0.2, 0) is 0 Å². The maximum atomic E-state index is 9.52. The van der Waals surface area contributed by atoms with Gasteiger partial charge in [-0.2, -0.15) is 5.10 Å². The summed E-state index contributed by atoms with van der Waals surface area (Å²) in [5, 5.41) is 14.3. The Morgan fingerprint density at radius 3 is 2.78 bits per heavy atom. The number of rotatable bonds is 2. The van der Waals surface area contributed by atoms with Gasteiger partial charge in [0.15, 0.2) is 5.03 Å². The highest BCUT2D eigenvalue weighted by atomic mass is 16.7. The van der Waals surface area contributed by atoms with Crippen molar-refractivity contribution < 1.29 is 5.03 Å². The molecule has 0 saturated carbocycles. The topological polar surface area (TPSA) is 106 Å². The standard InChI is InChI=1S/C2H5N5O2/c1-4-5-2(3)6-7(8)9/h1H2,(H3,3,5,6). The van der Waals surface area contributed by atoms with Crippen LogP contribution in [0.1, 0.15) is 0 Å². The van der Waals surface area contributed by atoms with E-state index >= 15 is 0 Å². The Kier molecular flexibility index (Phi) is 2.74. The fourth-order valence-electron chi connectivity index (χ4n) is 0.191. The highest BCUT2D eigenvalue weighted by Gasteiger charge is 1.93. The molecule has 3 N–H and O–H groups in total. The summed E-state index contributed by atoms with van der Waals surface area (Å²) in [6.07, 6.45) is 0. The third-order valence-electron chi connectivity index (χ3n) is 0.383. The lowest BCUT2D eigenvalue weighted by Gasteiger charge is -1.88. The van der Waals surface area contributed by atoms with Crippen LogP contribution in [0.25, 0.3) is 0 Å². The molecule has 0 fully saturated rings. The number of hydrazone groups is 2. The molecule has 0 amide bonds. The molecule has 0 heterocycles. The summed E-state index contributed by atoms with van der Waals surface area (Å²) in [4.78, 5) is 9.52. The first-order valence-corrected chi connectivity index (χ1v) is 1.87. The minimum Gasteiger partial charge on any atom is -0.363 e. The Morgan fingerprint density at radius 1 is 1.89 bits per heavy atom. The second-order valence-electron chi connectivity index (χ2n) is 0.993. The van der Waals surface area contributed by atoms with Crippen molar-refractivity contribution in [3.05, 3.63) is 10.1 Å². The number of hydrogen-bond acceptors (Lipinski definition) is 3. The van der Waals surface area contributed by atoms with Gasteiger partial charge in [-0.15, -0.1) is 0 Å². The molecule has 0 radical (unpaired) electrons. The van der Waals surface area contributed by atoms with Crippen molar-refractivity contribution in [1.29, 1.82) is 0 Å². The Balaban J connectivity index is 3.83. The van der Waals surface area contributed by atoms with Gasteiger partial charge in [-0.05, 0) is 0 Å². The highest BCUT2D eigenvalue weighted by Crippen LogP contribution is 1.66. The van der Waals surface area contributed by atoms with Crippen molar-refractivity contribution in [3.63, 3.8) is 0 Å². The van der Waals surface area contributed by atoms with Crippen LogP contribution >= 0.6 is 0 Å². The molecule has 0 aromatic heterocycles. The SMILES string of the molecule is C=NN/C(N)=N/[N+](=O)[O-]. The first kappa shape index (κ1) is 7.34. The molecule has 0 aromatic carbocycles. The molecule has 50 valence electrons. The van der Waals surface area contributed by atoms with Gasteiger partial charge in [0.1, 0.15) is 5.10 Å². The van der Waals surface area contributed by atoms with Gasteiger partial charge in [0.05, 0.1) is 0 Å². The second kappa shape index (κ2) is 3.36. The van der Waals surface area contributed by atoms with Gasteiger partial charge >= 0.3 is 0 Å². The van der Waals surface area contributed by atoms with Crippen LogP contribution < -0.4 is 11.2 Å². The van der Waals surface area contributed by atoms with E-state index in [2.05, 4.69) is 16.9 Å². The molecular weight excluding hydrogens is 126 g/mol. The second-order valence-corrected chi connectivity index (χ2v) is 0.993. The Labute approximate surface area is 50.4 Å². The fraction of sp³-hybridized carbons (Fsp3) is 0. The van der Waals surface area contributed by atoms with E-state index in [-0.39, 0.29) is 0 Å². The third-order valence-corrected chi connectivity index (χ3v) is 0.383. The summed E-state index contributed by atoms with van der Waals surface area (Å²) in [5.74, 6) is -0.394. The van der Waals surface area contributed by atoms with Crippen LogP contribution in [0, 0.1) is 10.1 Å². The van der Waals surface area contributed by atoms with Crippen molar-refractivity contribution in [2.24, 2.45) is 15.9 Å². The molecule has 0 bridgehead atoms. The van der Waals surface area contributed by atoms with Crippen LogP contribution in [0.15, 0.2) is 10.2 Å². The van der Waals surface area contributed by atoms with Crippen LogP contribution in [0.4, 0.5) is 0 Å². The summed E-state index contributed by atoms with van der Waals surface area (Å²) in [6.45, 7) is 2.96. The first-order chi connectivity index (χ1) is 4.16. The number of nitrogens with one attached hydrogen (secondary N) is 1. The molecule has 9 heavy (non-hydrogen) atoms. The van der Waals surface area contributed by atoms with E-state index < -0.39 is 11.0 Å². The van der Waals surface area contributed by atoms with Gasteiger partial charge in [-0.25, -0.2) is 15.5 Å². The zero-order valence-electron chi connectivity index (χ0n) is 4.44. The smallest absolute Gasteiger partial charge is 0.286 e. The molecule has 0 rings (SSSR count). The van der Waals surface area contributed by atoms with Crippen LogP contribution in [-0.4, -0.2) is 17.7 Å². The summed E-state index contributed by atoms with van der Waals surface area (Å²) in [6, 6.07) is 0. The van der Waals surface area contributed by atoms with E-state index in [4.69, 9.17) is 5.73 Å². The van der Waals surface area contributed by atoms with Gasteiger partial charge in [0, 0.05) is 6.72 Å². The molecule has 7 heteroatoms. The van der Waals surface area contributed by atoms with Gasteiger partial charge in [-0.1, -0.05) is 0 Å². The van der Waals surface area contributed by atoms with Gasteiger partial charge in [-0.3, -0.25) is 0 Å². The van der Waals surface area contributed by atoms with Crippen LogP contribution in [0.2, 0.25) is 0 Å². The molecule has 0 spiro atoms. The summed E-state index contributed by atoms with van der Waals surface area (Å²) in [5.41, 5.74) is 6.83. The average molecular weight is 131 g/mol. The number of nitro groups is 1. The van der Waals surface area contributed by atoms with Crippen molar-refractivity contribution in [2.45, 2.75) is 0 Å². The van der Waals surface area contributed by atoms with E-state index in [1.807, 2.05) is 5.43 Å². The molecule has 0 aliphatic carbocycles. The number of guanidine groups is 1. The Hall–Kier alpha value is -1.66. The Bertz CT molecular complexity index is 151. The zero-order valence-corrected chi connectivity index (χ0v) is 4.44. The quantitative estimate of drug-likeness (QED) is 0.210. The molecule has 0 aromatic rings. The minimum atomic E-state index is -0.937. The molecule has 0 saturated heterocycles. The van der Waals surface area contributed by atoms with Crippen molar-refractivity contribution in [2.75, 3.05) is 0 Å². The van der Waals surface area contributed by atoms with Gasteiger partial charge < -0.3 is 5.73 Å². The largest absolute Gasteiger partial charge is 0.363 e. The van der Waals surface area contributed by atoms with E-state index in [9.17, 15) is 10.1 Å². The van der Waals surface area contributed by atoms with Gasteiger partial charge in [0.25, 0.3) is 5.96 Å². The number of nitrogens with zero attached hydrogens (tertiary/aromatic N) is 3. The molecular formula is C2H5N5O2. The van der Waals surface area contributed by atoms with Crippen molar-refractivity contribution in [1.82, 2.24) is 5.43 Å². The third kappa shape index (κ3) is 4.19. The normalized spacial score (nSPS) is 10.4. The number of hydrogen-bond donors (Lipinski definition) is 2. The van der Waals surface area contributed by atoms with E-state index in [1.165, 1.54) is 0 Å². The summed E-state index contributed by atoms with van der Waals surface area (Å²) >= 11 is 0. The summed E-state index contributed by atoms with van der Waals surface area (Å²) < 4.78 is 0. The monoisotopic (exact) mass is 131 g/mol. The predicted molar refractivity (Wildman–Crippen MR) is 31.3 cm³/mol. The maximum absolute atomic E-state index is 9.52. The first-order valence-electron chi connectivity index (χ1n) is 1.87. The van der Waals surface area contributed by atoms with Crippen molar-refractivity contribution >= 4 is 12.7 Å². The minimum absolute atomic E-state index is 0.394. The lowest BCUT2D eigenvalue weighted by atomic mass is 11.1. The van der Waals surface area contributed by atoms with Gasteiger partial charge in [0.2, 0.25) is 0 Å². The molecule has 0 unspecified atom stereocenters. The zero-order chi connectivity index (χ0) is 7.28. The van der Waals surface area contributed by atoms with Crippen molar-refractivity contribution in [3.8, 4) is 0 Å². The highest BCUT2D eigenvalue weighted by molar-refractivity contribution is 5.76. The number of nitrogens with two attached hydrogens (primary N) is 1. The van der Waals surface area contributed by atoms with Crippen LogP contribution in [0.5, 0.6) is 0 Å². The molecule has 7 nitrogen and oxygen atoms in total. The van der Waals surface area contributed by atoms with E-state index in [1.54, 1.807) is 0 Å². The van der Waals surface area contributed by atoms with E-state index in [0.29, 0.717) is 0 Å². The molecule has 0 aliphatic rings. The lowest BCUT2D eigenvalue weighted by molar-refractivity contribution is -0.485. The predicted octanol–water partition coefficient (Wildman–Crippen LogP) is -1.30. The molecule has 0 atom stereocenters. The fourth-order valence-corrected chi connectivity index (χ4v) is 0.191. The maximum Gasteiger partial charge on any atom is 0.286 e. The Morgan fingerprint density at radius 2 is 2.44 bits per heavy atom. The van der Waals surface area contributed by atoms with Crippen LogP contribution in [0.3, 0.4) is 0 Å². The molecule has 0 aliphatic heterocycles. The summed E-state index contributed by atoms with van der Waals surface area (Å²) in [7, 11) is 0. The van der Waals surface area contributed by atoms with E-state index in [0.717, 1.165) is 0 Å². The average Bonchev–Trinajstić information content (AvgIpc) is 1.63. The lowest BCUT2D eigenvalue weighted by Crippen LogP contribution is -2.27.